The summed E-state index contributed by atoms with van der Waals surface area (Å²) in [5.74, 6) is -0.347. The van der Waals surface area contributed by atoms with E-state index < -0.39 is 17.1 Å². The molecule has 0 saturated carbocycles. The molecule has 0 radical (unpaired) electrons. The van der Waals surface area contributed by atoms with E-state index in [1.54, 1.807) is 13.0 Å². The van der Waals surface area contributed by atoms with Gasteiger partial charge in [0.1, 0.15) is 5.37 Å². The fourth-order valence-electron chi connectivity index (χ4n) is 2.76. The molecule has 150 valence electrons. The third-order valence-electron chi connectivity index (χ3n) is 4.21. The predicted molar refractivity (Wildman–Crippen MR) is 99.1 cm³/mol. The second-order valence-corrected chi connectivity index (χ2v) is 8.11. The predicted octanol–water partition coefficient (Wildman–Crippen LogP) is 2.74. The van der Waals surface area contributed by atoms with Crippen molar-refractivity contribution in [3.8, 4) is 0 Å². The van der Waals surface area contributed by atoms with Crippen LogP contribution in [0.5, 0.6) is 0 Å². The Bertz CT molecular complexity index is 682. The molecule has 2 rings (SSSR count). The van der Waals surface area contributed by atoms with E-state index in [0.717, 1.165) is 12.1 Å². The number of benzene rings is 1. The van der Waals surface area contributed by atoms with Crippen molar-refractivity contribution in [3.63, 3.8) is 0 Å². The van der Waals surface area contributed by atoms with Crippen LogP contribution >= 0.6 is 11.8 Å². The first kappa shape index (κ1) is 21.6. The second-order valence-electron chi connectivity index (χ2n) is 6.69. The average Bonchev–Trinajstić information content (AvgIpc) is 2.87. The molecule has 1 N–H and O–H groups in total. The largest absolute Gasteiger partial charge is 0.416 e. The molecule has 0 unspecified atom stereocenters. The van der Waals surface area contributed by atoms with Crippen LogP contribution in [-0.2, 0) is 15.8 Å². The van der Waals surface area contributed by atoms with Crippen molar-refractivity contribution in [3.05, 3.63) is 35.4 Å². The summed E-state index contributed by atoms with van der Waals surface area (Å²) in [5.41, 5.74) is -0.325. The summed E-state index contributed by atoms with van der Waals surface area (Å²) in [6.45, 7) is 3.10. The normalized spacial score (nSPS) is 20.4. The molecule has 1 saturated heterocycles. The molecule has 27 heavy (non-hydrogen) atoms. The van der Waals surface area contributed by atoms with Gasteiger partial charge in [0.05, 0.1) is 10.8 Å². The van der Waals surface area contributed by atoms with Gasteiger partial charge in [0.2, 0.25) is 11.8 Å². The molecule has 1 aliphatic heterocycles. The molecule has 5 nitrogen and oxygen atoms in total. The van der Waals surface area contributed by atoms with Gasteiger partial charge < -0.3 is 15.1 Å². The Morgan fingerprint density at radius 2 is 2.04 bits per heavy atom. The summed E-state index contributed by atoms with van der Waals surface area (Å²) in [4.78, 5) is 27.8. The summed E-state index contributed by atoms with van der Waals surface area (Å²) in [6.07, 6.45) is -4.33. The lowest BCUT2D eigenvalue weighted by atomic mass is 10.1. The van der Waals surface area contributed by atoms with Crippen LogP contribution in [0.4, 0.5) is 13.2 Å². The Labute approximate surface area is 161 Å². The maximum atomic E-state index is 13.0. The maximum absolute atomic E-state index is 13.0. The van der Waals surface area contributed by atoms with E-state index in [4.69, 9.17) is 0 Å². The van der Waals surface area contributed by atoms with E-state index in [1.165, 1.54) is 22.7 Å². The molecule has 2 amide bonds. The van der Waals surface area contributed by atoms with Gasteiger partial charge in [-0.05, 0) is 38.7 Å². The summed E-state index contributed by atoms with van der Waals surface area (Å²) >= 11 is 1.30. The van der Waals surface area contributed by atoms with Crippen molar-refractivity contribution >= 4 is 23.6 Å². The Morgan fingerprint density at radius 1 is 1.33 bits per heavy atom. The summed E-state index contributed by atoms with van der Waals surface area (Å²) in [5, 5.41) is 1.89. The average molecular weight is 403 g/mol. The summed E-state index contributed by atoms with van der Waals surface area (Å²) < 4.78 is 39.0. The number of thioether (sulfide) groups is 1. The first-order valence-corrected chi connectivity index (χ1v) is 9.58. The molecule has 0 aromatic heterocycles. The van der Waals surface area contributed by atoms with Crippen LogP contribution in [0.1, 0.15) is 29.8 Å². The molecular formula is C18H24F3N3O2S. The number of carbonyl (C=O) groups excluding carboxylic acids is 2. The van der Waals surface area contributed by atoms with E-state index in [0.29, 0.717) is 18.7 Å². The molecule has 0 spiro atoms. The monoisotopic (exact) mass is 403 g/mol. The molecule has 1 aliphatic rings. The topological polar surface area (TPSA) is 52.7 Å². The highest BCUT2D eigenvalue weighted by Crippen LogP contribution is 2.44. The highest BCUT2D eigenvalue weighted by molar-refractivity contribution is 8.01. The van der Waals surface area contributed by atoms with Gasteiger partial charge in [-0.1, -0.05) is 12.1 Å². The van der Waals surface area contributed by atoms with Gasteiger partial charge >= 0.3 is 6.18 Å². The number of amides is 2. The van der Waals surface area contributed by atoms with Crippen molar-refractivity contribution in [1.29, 1.82) is 0 Å². The lowest BCUT2D eigenvalue weighted by molar-refractivity contribution is -0.137. The molecular weight excluding hydrogens is 379 g/mol. The minimum absolute atomic E-state index is 0.113. The SMILES string of the molecule is C[C@H]1S[C@H](c2cccc(C(F)(F)F)c2)N(CCC(=O)NCCN(C)C)C1=O. The molecule has 1 heterocycles. The summed E-state index contributed by atoms with van der Waals surface area (Å²) in [6, 6.07) is 5.02. The molecule has 1 fully saturated rings. The number of carbonyl (C=O) groups is 2. The zero-order valence-electron chi connectivity index (χ0n) is 15.5. The first-order valence-electron chi connectivity index (χ1n) is 8.64. The summed E-state index contributed by atoms with van der Waals surface area (Å²) in [7, 11) is 3.79. The van der Waals surface area contributed by atoms with Crippen LogP contribution < -0.4 is 5.32 Å². The number of alkyl halides is 3. The number of nitrogens with zero attached hydrogens (tertiary/aromatic N) is 2. The van der Waals surface area contributed by atoms with E-state index >= 15 is 0 Å². The van der Waals surface area contributed by atoms with E-state index in [1.807, 2.05) is 19.0 Å². The number of nitrogens with one attached hydrogen (secondary N) is 1. The lowest BCUT2D eigenvalue weighted by Gasteiger charge is -2.24. The Balaban J connectivity index is 2.06. The Kier molecular flexibility index (Phi) is 7.16. The van der Waals surface area contributed by atoms with Gasteiger partial charge in [-0.3, -0.25) is 9.59 Å². The van der Waals surface area contributed by atoms with E-state index in [9.17, 15) is 22.8 Å². The van der Waals surface area contributed by atoms with Crippen molar-refractivity contribution in [2.75, 3.05) is 33.7 Å². The van der Waals surface area contributed by atoms with Crippen LogP contribution in [0, 0.1) is 0 Å². The van der Waals surface area contributed by atoms with Gasteiger partial charge in [0.15, 0.2) is 0 Å². The van der Waals surface area contributed by atoms with Crippen LogP contribution in [0.25, 0.3) is 0 Å². The van der Waals surface area contributed by atoms with E-state index in [-0.39, 0.29) is 30.0 Å². The zero-order chi connectivity index (χ0) is 20.2. The number of rotatable bonds is 7. The molecule has 2 atom stereocenters. The third-order valence-corrected chi connectivity index (χ3v) is 5.60. The first-order chi connectivity index (χ1) is 12.6. The highest BCUT2D eigenvalue weighted by Gasteiger charge is 2.39. The van der Waals surface area contributed by atoms with Crippen LogP contribution in [0.15, 0.2) is 24.3 Å². The van der Waals surface area contributed by atoms with Gasteiger partial charge in [0.25, 0.3) is 0 Å². The number of halogens is 3. The van der Waals surface area contributed by atoms with Gasteiger partial charge in [-0.25, -0.2) is 0 Å². The van der Waals surface area contributed by atoms with Gasteiger partial charge in [-0.15, -0.1) is 11.8 Å². The molecule has 0 aliphatic carbocycles. The molecule has 1 aromatic rings. The number of hydrogen-bond donors (Lipinski definition) is 1. The number of hydrogen-bond acceptors (Lipinski definition) is 4. The highest BCUT2D eigenvalue weighted by atomic mass is 32.2. The van der Waals surface area contributed by atoms with Crippen LogP contribution in [0.3, 0.4) is 0 Å². The Morgan fingerprint density at radius 3 is 2.67 bits per heavy atom. The smallest absolute Gasteiger partial charge is 0.355 e. The third kappa shape index (κ3) is 5.87. The van der Waals surface area contributed by atoms with Gasteiger partial charge in [-0.2, -0.15) is 13.2 Å². The quantitative estimate of drug-likeness (QED) is 0.761. The fourth-order valence-corrected chi connectivity index (χ4v) is 4.06. The lowest BCUT2D eigenvalue weighted by Crippen LogP contribution is -2.36. The Hall–Kier alpha value is -1.74. The molecule has 1 aromatic carbocycles. The molecule has 0 bridgehead atoms. The minimum Gasteiger partial charge on any atom is -0.355 e. The standard InChI is InChI=1S/C18H24F3N3O2S/c1-12-16(26)24(9-7-15(25)22-8-10-23(2)3)17(27-12)13-5-4-6-14(11-13)18(19,20)21/h4-6,11-12,17H,7-10H2,1-3H3,(H,22,25)/t12-,17-/m1/s1. The number of likely N-dealkylation sites (N-methyl/N-ethyl adjacent to an activating group) is 1. The second kappa shape index (κ2) is 8.97. The van der Waals surface area contributed by atoms with Crippen molar-refractivity contribution in [1.82, 2.24) is 15.1 Å². The zero-order valence-corrected chi connectivity index (χ0v) is 16.4. The fraction of sp³-hybridized carbons (Fsp3) is 0.556. The maximum Gasteiger partial charge on any atom is 0.416 e. The van der Waals surface area contributed by atoms with E-state index in [2.05, 4.69) is 5.32 Å². The van der Waals surface area contributed by atoms with Crippen molar-refractivity contribution < 1.29 is 22.8 Å². The molecule has 9 heteroatoms. The van der Waals surface area contributed by atoms with Crippen molar-refractivity contribution in [2.45, 2.75) is 30.1 Å². The van der Waals surface area contributed by atoms with Gasteiger partial charge in [0, 0.05) is 26.1 Å². The van der Waals surface area contributed by atoms with Crippen LogP contribution in [-0.4, -0.2) is 60.6 Å². The minimum atomic E-state index is -4.44. The van der Waals surface area contributed by atoms with Crippen molar-refractivity contribution in [2.24, 2.45) is 0 Å². The van der Waals surface area contributed by atoms with Crippen LogP contribution in [0.2, 0.25) is 0 Å².